The fourth-order valence-corrected chi connectivity index (χ4v) is 1.67. The van der Waals surface area contributed by atoms with Crippen molar-refractivity contribution in [2.45, 2.75) is 0 Å². The van der Waals surface area contributed by atoms with Gasteiger partial charge in [0.1, 0.15) is 5.15 Å². The van der Waals surface area contributed by atoms with Crippen LogP contribution in [0.15, 0.2) is 30.5 Å². The van der Waals surface area contributed by atoms with Gasteiger partial charge in [0.25, 0.3) is 5.91 Å². The third-order valence-electron chi connectivity index (χ3n) is 2.12. The molecule has 1 aromatic heterocycles. The van der Waals surface area contributed by atoms with Gasteiger partial charge in [-0.2, -0.15) is 0 Å². The first-order chi connectivity index (χ1) is 8.08. The van der Waals surface area contributed by atoms with Crippen LogP contribution in [0, 0.1) is 0 Å². The summed E-state index contributed by atoms with van der Waals surface area (Å²) < 4.78 is 0. The van der Waals surface area contributed by atoms with Gasteiger partial charge in [-0.3, -0.25) is 4.79 Å². The van der Waals surface area contributed by atoms with E-state index in [2.05, 4.69) is 9.97 Å². The number of amides is 1. The number of aromatic nitrogens is 2. The number of hydrogen-bond acceptors (Lipinski definition) is 3. The van der Waals surface area contributed by atoms with Crippen LogP contribution in [0.2, 0.25) is 10.2 Å². The molecule has 0 fully saturated rings. The quantitative estimate of drug-likeness (QED) is 0.851. The molecule has 0 saturated heterocycles. The van der Waals surface area contributed by atoms with Crippen LogP contribution >= 0.6 is 23.2 Å². The van der Waals surface area contributed by atoms with Gasteiger partial charge in [-0.05, 0) is 17.7 Å². The monoisotopic (exact) mass is 267 g/mol. The molecular formula is C11H7Cl2N3O. The minimum absolute atomic E-state index is 0.104. The summed E-state index contributed by atoms with van der Waals surface area (Å²) in [5.41, 5.74) is 6.49. The molecule has 0 saturated carbocycles. The molecular weight excluding hydrogens is 261 g/mol. The Hall–Kier alpha value is -1.65. The topological polar surface area (TPSA) is 68.9 Å². The minimum Gasteiger partial charge on any atom is -0.363 e. The summed E-state index contributed by atoms with van der Waals surface area (Å²) in [5, 5.41) is 0.802. The van der Waals surface area contributed by atoms with Crippen LogP contribution in [0.5, 0.6) is 0 Å². The van der Waals surface area contributed by atoms with Crippen molar-refractivity contribution in [3.63, 3.8) is 0 Å². The lowest BCUT2D eigenvalue weighted by molar-refractivity contribution is 0.0990. The molecule has 1 heterocycles. The number of rotatable bonds is 2. The third-order valence-corrected chi connectivity index (χ3v) is 2.66. The Kier molecular flexibility index (Phi) is 3.26. The van der Waals surface area contributed by atoms with Crippen molar-refractivity contribution in [3.05, 3.63) is 46.5 Å². The van der Waals surface area contributed by atoms with Crippen molar-refractivity contribution in [1.29, 1.82) is 0 Å². The first-order valence-electron chi connectivity index (χ1n) is 4.66. The van der Waals surface area contributed by atoms with Crippen LogP contribution in [0.25, 0.3) is 11.1 Å². The minimum atomic E-state index is -0.713. The molecule has 17 heavy (non-hydrogen) atoms. The zero-order chi connectivity index (χ0) is 12.4. The van der Waals surface area contributed by atoms with Crippen molar-refractivity contribution in [3.8, 4) is 11.1 Å². The van der Waals surface area contributed by atoms with E-state index in [0.29, 0.717) is 10.6 Å². The summed E-state index contributed by atoms with van der Waals surface area (Å²) in [6.45, 7) is 0. The highest BCUT2D eigenvalue weighted by Gasteiger charge is 2.10. The van der Waals surface area contributed by atoms with Gasteiger partial charge in [0.15, 0.2) is 0 Å². The summed E-state index contributed by atoms with van der Waals surface area (Å²) in [6, 6.07) is 7.04. The first-order valence-corrected chi connectivity index (χ1v) is 5.42. The average molecular weight is 268 g/mol. The molecule has 0 bridgehead atoms. The maximum absolute atomic E-state index is 10.9. The van der Waals surface area contributed by atoms with Gasteiger partial charge in [-0.25, -0.2) is 9.97 Å². The lowest BCUT2D eigenvalue weighted by atomic mass is 10.1. The SMILES string of the molecule is NC(=O)c1ncc(-c2ccc(Cl)cc2)c(Cl)n1. The van der Waals surface area contributed by atoms with Crippen molar-refractivity contribution in [2.75, 3.05) is 0 Å². The largest absolute Gasteiger partial charge is 0.363 e. The molecule has 4 nitrogen and oxygen atoms in total. The predicted molar refractivity (Wildman–Crippen MR) is 66.0 cm³/mol. The number of nitrogens with zero attached hydrogens (tertiary/aromatic N) is 2. The second-order valence-corrected chi connectivity index (χ2v) is 4.06. The van der Waals surface area contributed by atoms with Gasteiger partial charge in [-0.1, -0.05) is 35.3 Å². The molecule has 2 aromatic rings. The Balaban J connectivity index is 2.46. The first kappa shape index (κ1) is 11.8. The summed E-state index contributed by atoms with van der Waals surface area (Å²) in [5.74, 6) is -0.817. The van der Waals surface area contributed by atoms with E-state index < -0.39 is 5.91 Å². The fourth-order valence-electron chi connectivity index (χ4n) is 1.30. The molecule has 0 spiro atoms. The van der Waals surface area contributed by atoms with Gasteiger partial charge >= 0.3 is 0 Å². The van der Waals surface area contributed by atoms with Gasteiger partial charge in [-0.15, -0.1) is 0 Å². The van der Waals surface area contributed by atoms with Crippen LogP contribution < -0.4 is 5.73 Å². The molecule has 0 aliphatic carbocycles. The van der Waals surface area contributed by atoms with Gasteiger partial charge < -0.3 is 5.73 Å². The molecule has 1 aromatic carbocycles. The van der Waals surface area contributed by atoms with Crippen LogP contribution in [0.3, 0.4) is 0 Å². The van der Waals surface area contributed by atoms with E-state index in [1.54, 1.807) is 24.3 Å². The molecule has 0 atom stereocenters. The normalized spacial score (nSPS) is 10.2. The number of primary amides is 1. The summed E-state index contributed by atoms with van der Waals surface area (Å²) >= 11 is 11.7. The maximum atomic E-state index is 10.9. The third kappa shape index (κ3) is 2.54. The zero-order valence-electron chi connectivity index (χ0n) is 8.52. The van der Waals surface area contributed by atoms with E-state index in [4.69, 9.17) is 28.9 Å². The molecule has 6 heteroatoms. The van der Waals surface area contributed by atoms with E-state index in [1.807, 2.05) is 0 Å². The molecule has 0 aliphatic rings. The number of hydrogen-bond donors (Lipinski definition) is 1. The lowest BCUT2D eigenvalue weighted by Gasteiger charge is -2.04. The molecule has 0 radical (unpaired) electrons. The lowest BCUT2D eigenvalue weighted by Crippen LogP contribution is -2.15. The highest BCUT2D eigenvalue weighted by Crippen LogP contribution is 2.26. The number of benzene rings is 1. The van der Waals surface area contributed by atoms with E-state index >= 15 is 0 Å². The summed E-state index contributed by atoms with van der Waals surface area (Å²) in [4.78, 5) is 18.5. The Morgan fingerprint density at radius 1 is 1.18 bits per heavy atom. The number of nitrogens with two attached hydrogens (primary N) is 1. The second-order valence-electron chi connectivity index (χ2n) is 3.27. The van der Waals surface area contributed by atoms with E-state index in [9.17, 15) is 4.79 Å². The van der Waals surface area contributed by atoms with E-state index in [1.165, 1.54) is 6.20 Å². The standard InChI is InChI=1S/C11H7Cl2N3O/c12-7-3-1-6(2-4-7)8-5-15-11(10(14)17)16-9(8)13/h1-5H,(H2,14,17). The Labute approximate surface area is 107 Å². The number of halogens is 2. The second kappa shape index (κ2) is 4.69. The predicted octanol–water partition coefficient (Wildman–Crippen LogP) is 2.55. The average Bonchev–Trinajstić information content (AvgIpc) is 2.30. The van der Waals surface area contributed by atoms with Crippen molar-refractivity contribution >= 4 is 29.1 Å². The Morgan fingerprint density at radius 2 is 1.82 bits per heavy atom. The molecule has 0 aliphatic heterocycles. The van der Waals surface area contributed by atoms with Crippen molar-refractivity contribution < 1.29 is 4.79 Å². The molecule has 86 valence electrons. The van der Waals surface area contributed by atoms with Gasteiger partial charge in [0.2, 0.25) is 5.82 Å². The van der Waals surface area contributed by atoms with E-state index in [0.717, 1.165) is 5.56 Å². The van der Waals surface area contributed by atoms with Crippen LogP contribution in [0.4, 0.5) is 0 Å². The van der Waals surface area contributed by atoms with Crippen molar-refractivity contribution in [1.82, 2.24) is 9.97 Å². The smallest absolute Gasteiger partial charge is 0.286 e. The molecule has 0 unspecified atom stereocenters. The Bertz CT molecular complexity index is 569. The molecule has 2 rings (SSSR count). The molecule has 1 amide bonds. The van der Waals surface area contributed by atoms with Crippen LogP contribution in [0.1, 0.15) is 10.6 Å². The highest BCUT2D eigenvalue weighted by molar-refractivity contribution is 6.32. The van der Waals surface area contributed by atoms with Crippen LogP contribution in [-0.4, -0.2) is 15.9 Å². The highest BCUT2D eigenvalue weighted by atomic mass is 35.5. The summed E-state index contributed by atoms with van der Waals surface area (Å²) in [6.07, 6.45) is 1.46. The maximum Gasteiger partial charge on any atom is 0.286 e. The molecule has 2 N–H and O–H groups in total. The van der Waals surface area contributed by atoms with Gasteiger partial charge in [0.05, 0.1) is 0 Å². The fraction of sp³-hybridized carbons (Fsp3) is 0. The number of carbonyl (C=O) groups excluding carboxylic acids is 1. The summed E-state index contributed by atoms with van der Waals surface area (Å²) in [7, 11) is 0. The van der Waals surface area contributed by atoms with Gasteiger partial charge in [0, 0.05) is 16.8 Å². The Morgan fingerprint density at radius 3 is 2.35 bits per heavy atom. The number of carbonyl (C=O) groups is 1. The zero-order valence-corrected chi connectivity index (χ0v) is 10.0. The van der Waals surface area contributed by atoms with Crippen molar-refractivity contribution in [2.24, 2.45) is 5.73 Å². The van der Waals surface area contributed by atoms with E-state index in [-0.39, 0.29) is 11.0 Å². The van der Waals surface area contributed by atoms with Crippen LogP contribution in [-0.2, 0) is 0 Å².